The molecule has 0 saturated carbocycles. The average molecular weight is 304 g/mol. The number of amides is 2. The highest BCUT2D eigenvalue weighted by atomic mass is 16.5. The van der Waals surface area contributed by atoms with E-state index in [4.69, 9.17) is 0 Å². The molecule has 0 unspecified atom stereocenters. The van der Waals surface area contributed by atoms with Gasteiger partial charge in [0, 0.05) is 25.6 Å². The third kappa shape index (κ3) is 4.48. The first-order valence-corrected chi connectivity index (χ1v) is 7.77. The number of aryl methyl sites for hydroxylation is 2. The maximum absolute atomic E-state index is 12.3. The number of likely N-dealkylation sites (tertiary alicyclic amines) is 1. The number of hydrogen-bond donors (Lipinski definition) is 1. The number of rotatable bonds is 4. The van der Waals surface area contributed by atoms with Crippen molar-refractivity contribution in [3.63, 3.8) is 0 Å². The van der Waals surface area contributed by atoms with E-state index in [0.717, 1.165) is 19.3 Å². The van der Waals surface area contributed by atoms with E-state index >= 15 is 0 Å². The number of ether oxygens (including phenoxy) is 1. The van der Waals surface area contributed by atoms with Crippen LogP contribution >= 0.6 is 0 Å². The Bertz CT molecular complexity index is 522. The summed E-state index contributed by atoms with van der Waals surface area (Å²) in [4.78, 5) is 25.4. The predicted octanol–water partition coefficient (Wildman–Crippen LogP) is 2.27. The Balaban J connectivity index is 1.76. The number of benzene rings is 1. The van der Waals surface area contributed by atoms with Crippen LogP contribution in [0.1, 0.15) is 30.4 Å². The fourth-order valence-corrected chi connectivity index (χ4v) is 2.79. The average Bonchev–Trinajstić information content (AvgIpc) is 2.54. The molecule has 1 aromatic carbocycles. The van der Waals surface area contributed by atoms with Gasteiger partial charge < -0.3 is 15.0 Å². The Labute approximate surface area is 131 Å². The van der Waals surface area contributed by atoms with Gasteiger partial charge in [-0.1, -0.05) is 24.3 Å². The zero-order valence-corrected chi connectivity index (χ0v) is 13.3. The molecule has 5 nitrogen and oxygen atoms in total. The van der Waals surface area contributed by atoms with E-state index in [9.17, 15) is 9.59 Å². The van der Waals surface area contributed by atoms with Crippen molar-refractivity contribution in [3.8, 4) is 0 Å². The lowest BCUT2D eigenvalue weighted by Gasteiger charge is -2.32. The number of nitrogens with zero attached hydrogens (tertiary/aromatic N) is 1. The molecule has 5 heteroatoms. The van der Waals surface area contributed by atoms with E-state index in [1.165, 1.54) is 18.2 Å². The molecular formula is C17H24N2O3. The van der Waals surface area contributed by atoms with Crippen LogP contribution in [0, 0.1) is 6.92 Å². The molecule has 1 aliphatic heterocycles. The van der Waals surface area contributed by atoms with Crippen LogP contribution in [0.5, 0.6) is 0 Å². The first-order chi connectivity index (χ1) is 10.6. The summed E-state index contributed by atoms with van der Waals surface area (Å²) in [6.07, 6.45) is 2.49. The number of piperidine rings is 1. The Hall–Kier alpha value is -2.04. The Morgan fingerprint density at radius 2 is 1.95 bits per heavy atom. The number of nitrogens with one attached hydrogen (secondary N) is 1. The van der Waals surface area contributed by atoms with Crippen LogP contribution in [-0.4, -0.2) is 43.1 Å². The van der Waals surface area contributed by atoms with Crippen molar-refractivity contribution in [1.82, 2.24) is 10.2 Å². The molecule has 0 bridgehead atoms. The third-order valence-corrected chi connectivity index (χ3v) is 4.22. The summed E-state index contributed by atoms with van der Waals surface area (Å²) in [5.74, 6) is 0.194. The molecule has 0 atom stereocenters. The smallest absolute Gasteiger partial charge is 0.407 e. The summed E-state index contributed by atoms with van der Waals surface area (Å²) in [6.45, 7) is 3.46. The third-order valence-electron chi connectivity index (χ3n) is 4.22. The minimum atomic E-state index is -0.399. The van der Waals surface area contributed by atoms with Crippen molar-refractivity contribution in [3.05, 3.63) is 35.4 Å². The number of carbonyl (C=O) groups excluding carboxylic acids is 2. The summed E-state index contributed by atoms with van der Waals surface area (Å²) >= 11 is 0. The van der Waals surface area contributed by atoms with Gasteiger partial charge in [0.1, 0.15) is 0 Å². The van der Waals surface area contributed by atoms with E-state index in [2.05, 4.69) is 29.1 Å². The van der Waals surface area contributed by atoms with Crippen molar-refractivity contribution >= 4 is 12.0 Å². The molecule has 2 rings (SSSR count). The van der Waals surface area contributed by atoms with Crippen molar-refractivity contribution < 1.29 is 14.3 Å². The van der Waals surface area contributed by atoms with Gasteiger partial charge in [-0.05, 0) is 37.3 Å². The summed E-state index contributed by atoms with van der Waals surface area (Å²) < 4.78 is 4.60. The van der Waals surface area contributed by atoms with Gasteiger partial charge in [0.25, 0.3) is 0 Å². The molecule has 0 aromatic heterocycles. The minimum absolute atomic E-state index is 0.105. The molecule has 22 heavy (non-hydrogen) atoms. The predicted molar refractivity (Wildman–Crippen MR) is 84.6 cm³/mol. The number of methoxy groups -OCH3 is 1. The fourth-order valence-electron chi connectivity index (χ4n) is 2.79. The van der Waals surface area contributed by atoms with E-state index < -0.39 is 6.09 Å². The second-order valence-corrected chi connectivity index (χ2v) is 5.72. The lowest BCUT2D eigenvalue weighted by Crippen LogP contribution is -2.46. The molecule has 120 valence electrons. The van der Waals surface area contributed by atoms with Gasteiger partial charge in [0.2, 0.25) is 5.91 Å². The Morgan fingerprint density at radius 3 is 2.59 bits per heavy atom. The van der Waals surface area contributed by atoms with Crippen LogP contribution in [0.25, 0.3) is 0 Å². The Morgan fingerprint density at radius 1 is 1.27 bits per heavy atom. The van der Waals surface area contributed by atoms with Crippen molar-refractivity contribution in [2.24, 2.45) is 0 Å². The summed E-state index contributed by atoms with van der Waals surface area (Å²) in [7, 11) is 1.36. The molecule has 2 amide bonds. The topological polar surface area (TPSA) is 58.6 Å². The molecule has 0 aliphatic carbocycles. The summed E-state index contributed by atoms with van der Waals surface area (Å²) in [5, 5.41) is 2.79. The number of hydrogen-bond acceptors (Lipinski definition) is 3. The van der Waals surface area contributed by atoms with Gasteiger partial charge in [-0.25, -0.2) is 4.79 Å². The van der Waals surface area contributed by atoms with Crippen LogP contribution in [0.4, 0.5) is 4.79 Å². The maximum atomic E-state index is 12.3. The van der Waals surface area contributed by atoms with E-state index in [1.807, 2.05) is 17.0 Å². The lowest BCUT2D eigenvalue weighted by molar-refractivity contribution is -0.132. The molecular weight excluding hydrogens is 280 g/mol. The first kappa shape index (κ1) is 16.3. The van der Waals surface area contributed by atoms with E-state index in [-0.39, 0.29) is 11.9 Å². The molecule has 0 radical (unpaired) electrons. The van der Waals surface area contributed by atoms with Gasteiger partial charge >= 0.3 is 6.09 Å². The number of carbonyl (C=O) groups is 2. The van der Waals surface area contributed by atoms with Gasteiger partial charge in [0.15, 0.2) is 0 Å². The highest BCUT2D eigenvalue weighted by Gasteiger charge is 2.23. The monoisotopic (exact) mass is 304 g/mol. The van der Waals surface area contributed by atoms with Crippen LogP contribution in [0.15, 0.2) is 24.3 Å². The van der Waals surface area contributed by atoms with Gasteiger partial charge in [-0.3, -0.25) is 4.79 Å². The molecule has 1 fully saturated rings. The van der Waals surface area contributed by atoms with Gasteiger partial charge in [0.05, 0.1) is 7.11 Å². The first-order valence-electron chi connectivity index (χ1n) is 7.77. The quantitative estimate of drug-likeness (QED) is 0.928. The standard InChI is InChI=1S/C17H24N2O3/c1-13-5-3-4-6-14(13)7-8-16(20)19-11-9-15(10-12-19)18-17(21)22-2/h3-6,15H,7-12H2,1-2H3,(H,18,21). The van der Waals surface area contributed by atoms with Crippen LogP contribution in [0.3, 0.4) is 0 Å². The Kier molecular flexibility index (Phi) is 5.81. The highest BCUT2D eigenvalue weighted by Crippen LogP contribution is 2.14. The molecule has 1 aliphatic rings. The van der Waals surface area contributed by atoms with Crippen LogP contribution in [0.2, 0.25) is 0 Å². The van der Waals surface area contributed by atoms with Crippen molar-refractivity contribution in [2.45, 2.75) is 38.6 Å². The molecule has 1 saturated heterocycles. The van der Waals surface area contributed by atoms with Gasteiger partial charge in [-0.15, -0.1) is 0 Å². The van der Waals surface area contributed by atoms with Crippen molar-refractivity contribution in [1.29, 1.82) is 0 Å². The molecule has 1 N–H and O–H groups in total. The second kappa shape index (κ2) is 7.82. The minimum Gasteiger partial charge on any atom is -0.453 e. The van der Waals surface area contributed by atoms with Crippen LogP contribution < -0.4 is 5.32 Å². The van der Waals surface area contributed by atoms with Crippen molar-refractivity contribution in [2.75, 3.05) is 20.2 Å². The van der Waals surface area contributed by atoms with E-state index in [0.29, 0.717) is 19.5 Å². The zero-order chi connectivity index (χ0) is 15.9. The number of alkyl carbamates (subject to hydrolysis) is 1. The molecule has 0 spiro atoms. The SMILES string of the molecule is COC(=O)NC1CCN(C(=O)CCc2ccccc2C)CC1. The summed E-state index contributed by atoms with van der Waals surface area (Å²) in [5.41, 5.74) is 2.47. The molecule has 1 heterocycles. The summed E-state index contributed by atoms with van der Waals surface area (Å²) in [6, 6.07) is 8.28. The lowest BCUT2D eigenvalue weighted by atomic mass is 10.0. The van der Waals surface area contributed by atoms with Crippen LogP contribution in [-0.2, 0) is 16.0 Å². The molecule has 1 aromatic rings. The van der Waals surface area contributed by atoms with Gasteiger partial charge in [-0.2, -0.15) is 0 Å². The normalized spacial score (nSPS) is 15.5. The highest BCUT2D eigenvalue weighted by molar-refractivity contribution is 5.76. The second-order valence-electron chi connectivity index (χ2n) is 5.72. The zero-order valence-electron chi connectivity index (χ0n) is 13.3. The largest absolute Gasteiger partial charge is 0.453 e. The fraction of sp³-hybridized carbons (Fsp3) is 0.529. The van der Waals surface area contributed by atoms with E-state index in [1.54, 1.807) is 0 Å². The maximum Gasteiger partial charge on any atom is 0.407 e.